The fourth-order valence-electron chi connectivity index (χ4n) is 4.30. The molecular formula is C23H29ClN2O3. The fourth-order valence-corrected chi connectivity index (χ4v) is 4.30. The summed E-state index contributed by atoms with van der Waals surface area (Å²) >= 11 is 0. The number of fused-ring (bicyclic) bond motifs is 2. The molecule has 2 atom stereocenters. The van der Waals surface area contributed by atoms with Crippen molar-refractivity contribution in [2.24, 2.45) is 0 Å². The van der Waals surface area contributed by atoms with Gasteiger partial charge < -0.3 is 24.9 Å². The molecule has 0 amide bonds. The van der Waals surface area contributed by atoms with Crippen LogP contribution in [0.5, 0.6) is 11.5 Å². The lowest BCUT2D eigenvalue weighted by molar-refractivity contribution is 0.117. The summed E-state index contributed by atoms with van der Waals surface area (Å²) in [6.45, 7) is 0.864. The van der Waals surface area contributed by atoms with Crippen LogP contribution in [0.25, 0.3) is 10.9 Å². The lowest BCUT2D eigenvalue weighted by atomic mass is 9.85. The van der Waals surface area contributed by atoms with Crippen LogP contribution in [0.15, 0.2) is 42.6 Å². The number of aliphatic hydroxyl groups is 1. The number of benzene rings is 2. The standard InChI is InChI=1S/C23H28N2O3.ClH/c1-27-22-9-10-23(28-2)18-13-21(26)20(12-17(18)22)24-11-5-6-15-14-25-19-8-4-3-7-16(15)19;/h3-4,7-10,14,20-21,24-26H,5-6,11-13H2,1-2H3;1H/t20-,21-;/m0./s1. The second-order valence-electron chi connectivity index (χ2n) is 7.43. The Hall–Kier alpha value is -2.21. The minimum absolute atomic E-state index is 0. The molecular weight excluding hydrogens is 388 g/mol. The average molecular weight is 417 g/mol. The van der Waals surface area contributed by atoms with Crippen LogP contribution in [0.4, 0.5) is 0 Å². The first-order valence-corrected chi connectivity index (χ1v) is 9.90. The Morgan fingerprint density at radius 3 is 2.45 bits per heavy atom. The van der Waals surface area contributed by atoms with Gasteiger partial charge in [0.15, 0.2) is 0 Å². The molecule has 4 rings (SSSR count). The summed E-state index contributed by atoms with van der Waals surface area (Å²) in [4.78, 5) is 3.33. The zero-order valence-electron chi connectivity index (χ0n) is 16.9. The number of hydrogen-bond acceptors (Lipinski definition) is 4. The zero-order chi connectivity index (χ0) is 19.5. The first-order chi connectivity index (χ1) is 13.7. The average Bonchev–Trinajstić information content (AvgIpc) is 3.14. The molecule has 6 heteroatoms. The van der Waals surface area contributed by atoms with Gasteiger partial charge in [-0.15, -0.1) is 12.4 Å². The van der Waals surface area contributed by atoms with Crippen LogP contribution in [0.2, 0.25) is 0 Å². The van der Waals surface area contributed by atoms with Crippen molar-refractivity contribution in [1.82, 2.24) is 10.3 Å². The molecule has 0 saturated carbocycles. The third-order valence-electron chi connectivity index (χ3n) is 5.79. The molecule has 5 nitrogen and oxygen atoms in total. The minimum Gasteiger partial charge on any atom is -0.496 e. The van der Waals surface area contributed by atoms with Crippen molar-refractivity contribution < 1.29 is 14.6 Å². The topological polar surface area (TPSA) is 66.5 Å². The number of halogens is 1. The van der Waals surface area contributed by atoms with Gasteiger partial charge in [0.05, 0.1) is 20.3 Å². The van der Waals surface area contributed by atoms with Gasteiger partial charge in [0, 0.05) is 40.7 Å². The summed E-state index contributed by atoms with van der Waals surface area (Å²) < 4.78 is 11.0. The van der Waals surface area contributed by atoms with Gasteiger partial charge in [0.2, 0.25) is 0 Å². The summed E-state index contributed by atoms with van der Waals surface area (Å²) in [5.41, 5.74) is 4.73. The van der Waals surface area contributed by atoms with Gasteiger partial charge in [-0.1, -0.05) is 18.2 Å². The molecule has 0 spiro atoms. The first-order valence-electron chi connectivity index (χ1n) is 9.90. The summed E-state index contributed by atoms with van der Waals surface area (Å²) in [6, 6.07) is 12.3. The largest absolute Gasteiger partial charge is 0.496 e. The van der Waals surface area contributed by atoms with E-state index in [9.17, 15) is 5.11 Å². The predicted molar refractivity (Wildman–Crippen MR) is 119 cm³/mol. The third-order valence-corrected chi connectivity index (χ3v) is 5.79. The van der Waals surface area contributed by atoms with Crippen molar-refractivity contribution >= 4 is 23.3 Å². The van der Waals surface area contributed by atoms with Crippen LogP contribution in [0.3, 0.4) is 0 Å². The van der Waals surface area contributed by atoms with E-state index in [1.54, 1.807) is 14.2 Å². The van der Waals surface area contributed by atoms with Gasteiger partial charge in [0.25, 0.3) is 0 Å². The number of nitrogens with one attached hydrogen (secondary N) is 2. The van der Waals surface area contributed by atoms with E-state index >= 15 is 0 Å². The maximum absolute atomic E-state index is 10.7. The molecule has 0 bridgehead atoms. The molecule has 0 fully saturated rings. The van der Waals surface area contributed by atoms with Crippen molar-refractivity contribution in [1.29, 1.82) is 0 Å². The van der Waals surface area contributed by atoms with Crippen molar-refractivity contribution in [2.75, 3.05) is 20.8 Å². The summed E-state index contributed by atoms with van der Waals surface area (Å²) in [6.07, 6.45) is 5.02. The van der Waals surface area contributed by atoms with Crippen LogP contribution < -0.4 is 14.8 Å². The predicted octanol–water partition coefficient (Wildman–Crippen LogP) is 3.66. The van der Waals surface area contributed by atoms with Gasteiger partial charge in [0.1, 0.15) is 11.5 Å². The molecule has 29 heavy (non-hydrogen) atoms. The van der Waals surface area contributed by atoms with Gasteiger partial charge in [-0.25, -0.2) is 0 Å². The van der Waals surface area contributed by atoms with Gasteiger partial charge in [-0.05, 0) is 49.6 Å². The molecule has 1 aliphatic rings. The van der Waals surface area contributed by atoms with Crippen molar-refractivity contribution in [3.8, 4) is 11.5 Å². The van der Waals surface area contributed by atoms with E-state index in [1.165, 1.54) is 16.5 Å². The quantitative estimate of drug-likeness (QED) is 0.514. The summed E-state index contributed by atoms with van der Waals surface area (Å²) in [5, 5.41) is 15.5. The van der Waals surface area contributed by atoms with Crippen molar-refractivity contribution in [2.45, 2.75) is 37.8 Å². The molecule has 2 aromatic carbocycles. The van der Waals surface area contributed by atoms with Gasteiger partial charge in [-0.2, -0.15) is 0 Å². The van der Waals surface area contributed by atoms with Crippen LogP contribution in [0.1, 0.15) is 23.1 Å². The number of H-pyrrole nitrogens is 1. The lowest BCUT2D eigenvalue weighted by Gasteiger charge is -2.32. The molecule has 0 radical (unpaired) electrons. The molecule has 3 N–H and O–H groups in total. The van der Waals surface area contributed by atoms with E-state index in [-0.39, 0.29) is 18.4 Å². The second kappa shape index (κ2) is 9.53. The van der Waals surface area contributed by atoms with E-state index in [2.05, 4.69) is 40.8 Å². The van der Waals surface area contributed by atoms with Crippen LogP contribution in [0, 0.1) is 0 Å². The SMILES string of the molecule is COc1ccc(OC)c2c1C[C@H](NCCCc1c[nH]c3ccccc13)[C@@H](O)C2.Cl. The summed E-state index contributed by atoms with van der Waals surface area (Å²) in [7, 11) is 3.36. The zero-order valence-corrected chi connectivity index (χ0v) is 17.7. The smallest absolute Gasteiger partial charge is 0.122 e. The number of aromatic amines is 1. The number of aryl methyl sites for hydroxylation is 1. The number of hydrogen-bond donors (Lipinski definition) is 3. The lowest BCUT2D eigenvalue weighted by Crippen LogP contribution is -2.46. The Balaban J connectivity index is 0.00000240. The fraction of sp³-hybridized carbons (Fsp3) is 0.391. The van der Waals surface area contributed by atoms with Crippen molar-refractivity contribution in [3.63, 3.8) is 0 Å². The molecule has 0 aliphatic heterocycles. The molecule has 3 aromatic rings. The van der Waals surface area contributed by atoms with Crippen LogP contribution in [-0.4, -0.2) is 43.0 Å². The van der Waals surface area contributed by atoms with E-state index in [0.717, 1.165) is 48.4 Å². The number of para-hydroxylation sites is 1. The summed E-state index contributed by atoms with van der Waals surface area (Å²) in [5.74, 6) is 1.70. The monoisotopic (exact) mass is 416 g/mol. The molecule has 1 aliphatic carbocycles. The van der Waals surface area contributed by atoms with E-state index < -0.39 is 6.10 Å². The highest BCUT2D eigenvalue weighted by molar-refractivity contribution is 5.85. The maximum Gasteiger partial charge on any atom is 0.122 e. The maximum atomic E-state index is 10.7. The molecule has 156 valence electrons. The highest BCUT2D eigenvalue weighted by Gasteiger charge is 2.30. The number of rotatable bonds is 7. The molecule has 0 unspecified atom stereocenters. The van der Waals surface area contributed by atoms with E-state index in [1.807, 2.05) is 12.1 Å². The number of aliphatic hydroxyl groups excluding tert-OH is 1. The van der Waals surface area contributed by atoms with E-state index in [4.69, 9.17) is 9.47 Å². The molecule has 1 heterocycles. The van der Waals surface area contributed by atoms with Crippen molar-refractivity contribution in [3.05, 3.63) is 59.3 Å². The van der Waals surface area contributed by atoms with Crippen LogP contribution >= 0.6 is 12.4 Å². The van der Waals surface area contributed by atoms with Crippen LogP contribution in [-0.2, 0) is 19.3 Å². The number of ether oxygens (including phenoxy) is 2. The Morgan fingerprint density at radius 1 is 1.03 bits per heavy atom. The molecule has 0 saturated heterocycles. The minimum atomic E-state index is -0.429. The number of methoxy groups -OCH3 is 2. The Morgan fingerprint density at radius 2 is 1.72 bits per heavy atom. The normalized spacial score (nSPS) is 18.2. The highest BCUT2D eigenvalue weighted by Crippen LogP contribution is 2.36. The molecule has 1 aromatic heterocycles. The Kier molecular flexibility index (Phi) is 7.06. The second-order valence-corrected chi connectivity index (χ2v) is 7.43. The third kappa shape index (κ3) is 4.37. The van der Waals surface area contributed by atoms with Gasteiger partial charge in [-0.3, -0.25) is 0 Å². The highest BCUT2D eigenvalue weighted by atomic mass is 35.5. The Bertz CT molecular complexity index is 956. The van der Waals surface area contributed by atoms with Gasteiger partial charge >= 0.3 is 0 Å². The Labute approximate surface area is 177 Å². The first kappa shape index (κ1) is 21.5. The van der Waals surface area contributed by atoms with E-state index in [0.29, 0.717) is 6.42 Å². The number of aromatic nitrogens is 1.